The van der Waals surface area contributed by atoms with Gasteiger partial charge in [0.15, 0.2) is 0 Å². The van der Waals surface area contributed by atoms with Crippen LogP contribution >= 0.6 is 0 Å². The van der Waals surface area contributed by atoms with Crippen LogP contribution in [0.1, 0.15) is 59.2 Å². The van der Waals surface area contributed by atoms with Gasteiger partial charge in [0, 0.05) is 19.4 Å². The lowest BCUT2D eigenvalue weighted by Gasteiger charge is -2.27. The first-order chi connectivity index (χ1) is 28.5. The molecule has 2 aromatic carbocycles. The first-order valence-electron chi connectivity index (χ1n) is 19.9. The van der Waals surface area contributed by atoms with E-state index in [1.165, 1.54) is 6.07 Å². The molecule has 2 N–H and O–H groups in total. The molecular formula is C41H57N3O14. The molecule has 320 valence electrons. The highest BCUT2D eigenvalue weighted by Gasteiger charge is 2.45. The number of carbonyl (C=O) groups excluding carboxylic acids is 5. The van der Waals surface area contributed by atoms with Crippen LogP contribution in [0.5, 0.6) is 5.75 Å². The molecule has 0 aromatic heterocycles. The first-order valence-corrected chi connectivity index (χ1v) is 19.9. The van der Waals surface area contributed by atoms with Gasteiger partial charge < -0.3 is 47.9 Å². The van der Waals surface area contributed by atoms with Gasteiger partial charge >= 0.3 is 0 Å². The molecule has 2 aromatic rings. The monoisotopic (exact) mass is 815 g/mol. The molecule has 1 unspecified atom stereocenters. The van der Waals surface area contributed by atoms with Crippen LogP contribution < -0.4 is 15.4 Å². The summed E-state index contributed by atoms with van der Waals surface area (Å²) < 4.78 is 49.6. The number of ether oxygens (including phenoxy) is 9. The van der Waals surface area contributed by atoms with Crippen molar-refractivity contribution in [2.45, 2.75) is 44.6 Å². The molecule has 1 atom stereocenters. The normalized spacial score (nSPS) is 15.2. The van der Waals surface area contributed by atoms with E-state index in [4.69, 9.17) is 42.6 Å². The van der Waals surface area contributed by atoms with Crippen LogP contribution in [0.3, 0.4) is 0 Å². The Morgan fingerprint density at radius 3 is 1.64 bits per heavy atom. The van der Waals surface area contributed by atoms with Gasteiger partial charge in [-0.1, -0.05) is 30.7 Å². The van der Waals surface area contributed by atoms with Crippen molar-refractivity contribution in [1.82, 2.24) is 10.2 Å². The highest BCUT2D eigenvalue weighted by atomic mass is 16.6. The van der Waals surface area contributed by atoms with Crippen LogP contribution in [-0.2, 0) is 52.3 Å². The average molecular weight is 816 g/mol. The summed E-state index contributed by atoms with van der Waals surface area (Å²) in [6.07, 6.45) is 2.45. The second-order valence-electron chi connectivity index (χ2n) is 13.1. The fourth-order valence-electron chi connectivity index (χ4n) is 5.87. The molecule has 2 aliphatic heterocycles. The van der Waals surface area contributed by atoms with Crippen LogP contribution in [0.25, 0.3) is 0 Å². The molecule has 2 aliphatic rings. The number of piperidine rings is 1. The summed E-state index contributed by atoms with van der Waals surface area (Å²) in [7, 11) is 0. The lowest BCUT2D eigenvalue weighted by molar-refractivity contribution is -0.136. The Hall–Kier alpha value is -4.33. The summed E-state index contributed by atoms with van der Waals surface area (Å²) in [6, 6.07) is 13.2. The molecule has 0 saturated carbocycles. The smallest absolute Gasteiger partial charge is 0.264 e. The van der Waals surface area contributed by atoms with Crippen molar-refractivity contribution < 1.29 is 66.6 Å². The van der Waals surface area contributed by atoms with Gasteiger partial charge in [0.2, 0.25) is 17.7 Å². The predicted molar refractivity (Wildman–Crippen MR) is 209 cm³/mol. The minimum absolute atomic E-state index is 0.0286. The Bertz CT molecular complexity index is 1550. The number of rotatable bonds is 33. The van der Waals surface area contributed by atoms with E-state index in [0.29, 0.717) is 119 Å². The van der Waals surface area contributed by atoms with Gasteiger partial charge in [-0.05, 0) is 43.5 Å². The van der Waals surface area contributed by atoms with Gasteiger partial charge in [-0.2, -0.15) is 0 Å². The van der Waals surface area contributed by atoms with E-state index in [2.05, 4.69) is 10.6 Å². The molecule has 4 rings (SSSR count). The SMILES string of the molecule is O=C1CCC(N2C(=O)c3cccc(NC(=O)CCCCCOCCOCCOCCOCCOCCOCCOCCOCCOc4ccccc4)c3C2=O)C(=O)N1. The Morgan fingerprint density at radius 1 is 0.586 bits per heavy atom. The lowest BCUT2D eigenvalue weighted by atomic mass is 10.0. The summed E-state index contributed by atoms with van der Waals surface area (Å²) in [5.74, 6) is -1.88. The largest absolute Gasteiger partial charge is 0.491 e. The standard InChI is InChI=1S/C41H57N3O14/c45-36(42-34-11-7-10-33-38(34)41(49)44(40(33)48)35-13-14-37(46)43-39(35)47)12-5-2-6-15-50-16-17-51-18-19-52-20-21-53-22-23-54-24-25-55-26-27-56-28-29-57-30-31-58-32-8-3-1-4-9-32/h1,3-4,7-11,35H,2,5-6,12-31H2,(H,42,45)(H,43,46,47). The second-order valence-corrected chi connectivity index (χ2v) is 13.1. The number of anilines is 1. The fourth-order valence-corrected chi connectivity index (χ4v) is 5.87. The number of nitrogens with one attached hydrogen (secondary N) is 2. The van der Waals surface area contributed by atoms with Crippen LogP contribution in [-0.4, -0.2) is 153 Å². The quantitative estimate of drug-likeness (QED) is 0.0789. The third-order valence-electron chi connectivity index (χ3n) is 8.78. The van der Waals surface area contributed by atoms with Gasteiger partial charge in [0.1, 0.15) is 18.4 Å². The number of amides is 5. The molecule has 58 heavy (non-hydrogen) atoms. The second kappa shape index (κ2) is 28.2. The number of nitrogens with zero attached hydrogens (tertiary/aromatic N) is 1. The topological polar surface area (TPSA) is 196 Å². The number of para-hydroxylation sites is 1. The van der Waals surface area contributed by atoms with Crippen molar-refractivity contribution in [2.75, 3.05) is 118 Å². The number of carbonyl (C=O) groups is 5. The number of imide groups is 2. The van der Waals surface area contributed by atoms with Gasteiger partial charge in [0.25, 0.3) is 11.8 Å². The molecule has 2 heterocycles. The first kappa shape index (κ1) is 46.4. The molecule has 0 aliphatic carbocycles. The molecule has 0 spiro atoms. The minimum Gasteiger partial charge on any atom is -0.491 e. The number of benzene rings is 2. The van der Waals surface area contributed by atoms with E-state index in [0.717, 1.165) is 23.5 Å². The zero-order valence-electron chi connectivity index (χ0n) is 33.1. The molecular weight excluding hydrogens is 758 g/mol. The maximum Gasteiger partial charge on any atom is 0.264 e. The minimum atomic E-state index is -1.07. The van der Waals surface area contributed by atoms with Crippen LogP contribution in [0, 0.1) is 0 Å². The summed E-state index contributed by atoms with van der Waals surface area (Å²) in [5.41, 5.74) is 0.384. The van der Waals surface area contributed by atoms with E-state index < -0.39 is 29.7 Å². The highest BCUT2D eigenvalue weighted by molar-refractivity contribution is 6.26. The van der Waals surface area contributed by atoms with E-state index >= 15 is 0 Å². The lowest BCUT2D eigenvalue weighted by Crippen LogP contribution is -2.54. The maximum absolute atomic E-state index is 13.2. The van der Waals surface area contributed by atoms with Gasteiger partial charge in [-0.15, -0.1) is 0 Å². The molecule has 17 nitrogen and oxygen atoms in total. The zero-order valence-corrected chi connectivity index (χ0v) is 33.1. The summed E-state index contributed by atoms with van der Waals surface area (Å²) >= 11 is 0. The van der Waals surface area contributed by atoms with Crippen molar-refractivity contribution in [3.05, 3.63) is 59.7 Å². The van der Waals surface area contributed by atoms with Crippen molar-refractivity contribution in [3.8, 4) is 5.75 Å². The van der Waals surface area contributed by atoms with Gasteiger partial charge in [-0.25, -0.2) is 0 Å². The average Bonchev–Trinajstić information content (AvgIpc) is 3.48. The van der Waals surface area contributed by atoms with Crippen LogP contribution in [0.2, 0.25) is 0 Å². The molecule has 1 fully saturated rings. The number of hydrogen-bond acceptors (Lipinski definition) is 14. The molecule has 0 bridgehead atoms. The van der Waals surface area contributed by atoms with E-state index in [1.54, 1.807) is 12.1 Å². The Labute approximate surface area is 339 Å². The number of unbranched alkanes of at least 4 members (excludes halogenated alkanes) is 2. The molecule has 1 saturated heterocycles. The zero-order chi connectivity index (χ0) is 41.0. The fraction of sp³-hybridized carbons (Fsp3) is 0.585. The maximum atomic E-state index is 13.2. The summed E-state index contributed by atoms with van der Waals surface area (Å²) in [6.45, 7) is 8.17. The molecule has 5 amide bonds. The van der Waals surface area contributed by atoms with E-state index in [9.17, 15) is 24.0 Å². The number of hydrogen-bond donors (Lipinski definition) is 2. The third kappa shape index (κ3) is 17.3. The van der Waals surface area contributed by atoms with Gasteiger partial charge in [-0.3, -0.25) is 34.2 Å². The van der Waals surface area contributed by atoms with Crippen molar-refractivity contribution in [3.63, 3.8) is 0 Å². The van der Waals surface area contributed by atoms with E-state index in [1.807, 2.05) is 30.3 Å². The van der Waals surface area contributed by atoms with Crippen molar-refractivity contribution in [1.29, 1.82) is 0 Å². The third-order valence-corrected chi connectivity index (χ3v) is 8.78. The van der Waals surface area contributed by atoms with Crippen molar-refractivity contribution >= 4 is 35.2 Å². The number of fused-ring (bicyclic) bond motifs is 1. The molecule has 0 radical (unpaired) electrons. The van der Waals surface area contributed by atoms with Crippen molar-refractivity contribution in [2.24, 2.45) is 0 Å². The van der Waals surface area contributed by atoms with Crippen LogP contribution in [0.4, 0.5) is 5.69 Å². The highest BCUT2D eigenvalue weighted by Crippen LogP contribution is 2.32. The van der Waals surface area contributed by atoms with E-state index in [-0.39, 0.29) is 42.0 Å². The summed E-state index contributed by atoms with van der Waals surface area (Å²) in [5, 5.41) is 4.91. The Balaban J connectivity index is 0.848. The van der Waals surface area contributed by atoms with Crippen LogP contribution in [0.15, 0.2) is 48.5 Å². The van der Waals surface area contributed by atoms with Gasteiger partial charge in [0.05, 0.1) is 116 Å². The molecule has 17 heteroatoms. The summed E-state index contributed by atoms with van der Waals surface area (Å²) in [4.78, 5) is 63.5. The predicted octanol–water partition coefficient (Wildman–Crippen LogP) is 2.80. The Morgan fingerprint density at radius 2 is 1.10 bits per heavy atom. The Kier molecular flexibility index (Phi) is 22.5.